The normalized spacial score (nSPS) is 14.0. The Kier molecular flexibility index (Phi) is 8.44. The largest absolute Gasteiger partial charge is 0.368 e. The van der Waals surface area contributed by atoms with Gasteiger partial charge < -0.3 is 25.0 Å². The van der Waals surface area contributed by atoms with E-state index in [-0.39, 0.29) is 12.4 Å². The number of hydrogen-bond donors (Lipinski definition) is 2. The molecule has 1 saturated heterocycles. The molecule has 3 aromatic carbocycles. The maximum atomic E-state index is 13.6. The Morgan fingerprint density at radius 1 is 0.795 bits per heavy atom. The molecular weight excluding hydrogens is 564 g/mol. The van der Waals surface area contributed by atoms with Crippen LogP contribution < -0.4 is 20.4 Å². The van der Waals surface area contributed by atoms with Gasteiger partial charge in [0.1, 0.15) is 17.5 Å². The minimum atomic E-state index is -0.796. The van der Waals surface area contributed by atoms with Crippen molar-refractivity contribution in [3.63, 3.8) is 0 Å². The second-order valence-corrected chi connectivity index (χ2v) is 10.6. The van der Waals surface area contributed by atoms with Gasteiger partial charge in [-0.25, -0.2) is 18.7 Å². The first kappa shape index (κ1) is 28.8. The minimum Gasteiger partial charge on any atom is -0.368 e. The summed E-state index contributed by atoms with van der Waals surface area (Å²) in [6, 6.07) is 23.0. The van der Waals surface area contributed by atoms with Crippen LogP contribution in [0.2, 0.25) is 0 Å². The summed E-state index contributed by atoms with van der Waals surface area (Å²) in [5.41, 5.74) is 4.12. The molecule has 9 nitrogen and oxygen atoms in total. The number of fused-ring (bicyclic) bond motifs is 1. The minimum absolute atomic E-state index is 0.144. The first-order chi connectivity index (χ1) is 21.4. The fourth-order valence-corrected chi connectivity index (χ4v) is 5.36. The third-order valence-corrected chi connectivity index (χ3v) is 7.75. The van der Waals surface area contributed by atoms with E-state index < -0.39 is 23.7 Å². The summed E-state index contributed by atoms with van der Waals surface area (Å²) in [6.07, 6.45) is 3.36. The molecule has 3 heterocycles. The van der Waals surface area contributed by atoms with E-state index in [2.05, 4.69) is 30.4 Å². The van der Waals surface area contributed by atoms with Crippen molar-refractivity contribution in [3.8, 4) is 0 Å². The molecule has 224 valence electrons. The quantitative estimate of drug-likeness (QED) is 0.261. The van der Waals surface area contributed by atoms with Crippen molar-refractivity contribution in [2.24, 2.45) is 0 Å². The number of imidazole rings is 1. The van der Waals surface area contributed by atoms with Crippen LogP contribution in [0.15, 0.2) is 97.5 Å². The molecule has 44 heavy (non-hydrogen) atoms. The van der Waals surface area contributed by atoms with Crippen LogP contribution >= 0.6 is 0 Å². The predicted octanol–water partition coefficient (Wildman–Crippen LogP) is 4.21. The molecule has 2 N–H and O–H groups in total. The van der Waals surface area contributed by atoms with Gasteiger partial charge >= 0.3 is 11.8 Å². The number of benzene rings is 3. The Hall–Kier alpha value is -5.32. The maximum Gasteiger partial charge on any atom is 0.309 e. The lowest BCUT2D eigenvalue weighted by atomic mass is 10.1. The molecule has 11 heteroatoms. The monoisotopic (exact) mass is 595 g/mol. The van der Waals surface area contributed by atoms with Crippen molar-refractivity contribution in [2.45, 2.75) is 19.1 Å². The van der Waals surface area contributed by atoms with Gasteiger partial charge in [-0.15, -0.1) is 0 Å². The number of nitrogens with one attached hydrogen (secondary N) is 2. The molecule has 2 aromatic heterocycles. The first-order valence-corrected chi connectivity index (χ1v) is 14.4. The van der Waals surface area contributed by atoms with Crippen LogP contribution in [0.1, 0.15) is 17.2 Å². The van der Waals surface area contributed by atoms with E-state index in [1.807, 2.05) is 34.9 Å². The molecule has 0 aliphatic carbocycles. The number of pyridine rings is 1. The smallest absolute Gasteiger partial charge is 0.309 e. The van der Waals surface area contributed by atoms with Crippen molar-refractivity contribution in [1.82, 2.24) is 25.2 Å². The highest BCUT2D eigenvalue weighted by molar-refractivity contribution is 6.35. The van der Waals surface area contributed by atoms with Gasteiger partial charge in [0.05, 0.1) is 23.4 Å². The number of piperazine rings is 1. The number of amides is 2. The standard InChI is InChI=1S/C33H31F2N7O2/c34-25-7-5-24(6-8-25)29(21-42-22-38-28-3-1-2-4-30(28)42)39-33(44)32(43)37-20-23-13-14-36-31(19-23)41-17-15-40(16-18-41)27-11-9-26(35)10-12-27/h1-14,19,22,29H,15-18,20-21H2,(H,37,43)(H,39,44). The predicted molar refractivity (Wildman–Crippen MR) is 164 cm³/mol. The summed E-state index contributed by atoms with van der Waals surface area (Å²) in [7, 11) is 0. The fourth-order valence-electron chi connectivity index (χ4n) is 5.36. The molecule has 0 radical (unpaired) electrons. The van der Waals surface area contributed by atoms with Crippen LogP contribution in [0.25, 0.3) is 11.0 Å². The Morgan fingerprint density at radius 3 is 2.23 bits per heavy atom. The molecule has 1 aliphatic rings. The maximum absolute atomic E-state index is 13.6. The van der Waals surface area contributed by atoms with E-state index >= 15 is 0 Å². The summed E-state index contributed by atoms with van der Waals surface area (Å²) in [6.45, 7) is 3.44. The third-order valence-electron chi connectivity index (χ3n) is 7.75. The zero-order valence-electron chi connectivity index (χ0n) is 23.9. The van der Waals surface area contributed by atoms with Crippen molar-refractivity contribution < 1.29 is 18.4 Å². The van der Waals surface area contributed by atoms with Gasteiger partial charge in [-0.3, -0.25) is 9.59 Å². The van der Waals surface area contributed by atoms with Crippen LogP contribution in [0.4, 0.5) is 20.3 Å². The van der Waals surface area contributed by atoms with Crippen molar-refractivity contribution in [3.05, 3.63) is 120 Å². The first-order valence-electron chi connectivity index (χ1n) is 14.4. The van der Waals surface area contributed by atoms with Gasteiger partial charge in [0.15, 0.2) is 0 Å². The number of nitrogens with zero attached hydrogens (tertiary/aromatic N) is 5. The third kappa shape index (κ3) is 6.67. The van der Waals surface area contributed by atoms with Crippen LogP contribution in [-0.2, 0) is 22.7 Å². The van der Waals surface area contributed by atoms with Gasteiger partial charge in [0.2, 0.25) is 0 Å². The lowest BCUT2D eigenvalue weighted by Crippen LogP contribution is -2.46. The highest BCUT2D eigenvalue weighted by Gasteiger charge is 2.22. The van der Waals surface area contributed by atoms with E-state index in [0.717, 1.165) is 54.3 Å². The van der Waals surface area contributed by atoms with Crippen molar-refractivity contribution >= 4 is 34.4 Å². The topological polar surface area (TPSA) is 95.4 Å². The molecule has 5 aromatic rings. The van der Waals surface area contributed by atoms with E-state index in [4.69, 9.17) is 0 Å². The Morgan fingerprint density at radius 2 is 1.48 bits per heavy atom. The summed E-state index contributed by atoms with van der Waals surface area (Å²) in [5, 5.41) is 5.51. The van der Waals surface area contributed by atoms with Gasteiger partial charge in [-0.05, 0) is 71.8 Å². The molecule has 2 amide bonds. The Bertz CT molecular complexity index is 1750. The summed E-state index contributed by atoms with van der Waals surface area (Å²) < 4.78 is 28.8. The highest BCUT2D eigenvalue weighted by atomic mass is 19.1. The SMILES string of the molecule is O=C(NCc1ccnc(N2CCN(c3ccc(F)cc3)CC2)c1)C(=O)NC(Cn1cnc2ccccc21)c1ccc(F)cc1. The molecule has 1 fully saturated rings. The summed E-state index contributed by atoms with van der Waals surface area (Å²) in [5.74, 6) is -1.44. The number of anilines is 2. The van der Waals surface area contributed by atoms with Gasteiger partial charge in [-0.1, -0.05) is 24.3 Å². The molecule has 1 atom stereocenters. The van der Waals surface area contributed by atoms with Crippen LogP contribution in [0.5, 0.6) is 0 Å². The lowest BCUT2D eigenvalue weighted by molar-refractivity contribution is -0.139. The van der Waals surface area contributed by atoms with Crippen molar-refractivity contribution in [1.29, 1.82) is 0 Å². The van der Waals surface area contributed by atoms with Crippen molar-refractivity contribution in [2.75, 3.05) is 36.0 Å². The molecule has 1 aliphatic heterocycles. The molecule has 0 saturated carbocycles. The van der Waals surface area contributed by atoms with Crippen LogP contribution in [0.3, 0.4) is 0 Å². The molecule has 1 unspecified atom stereocenters. The summed E-state index contributed by atoms with van der Waals surface area (Å²) >= 11 is 0. The molecule has 0 bridgehead atoms. The number of carbonyl (C=O) groups excluding carboxylic acids is 2. The van der Waals surface area contributed by atoms with E-state index in [1.54, 1.807) is 42.9 Å². The van der Waals surface area contributed by atoms with Crippen LogP contribution in [0, 0.1) is 11.6 Å². The molecule has 0 spiro atoms. The Balaban J connectivity index is 1.07. The number of aromatic nitrogens is 3. The van der Waals surface area contributed by atoms with E-state index in [0.29, 0.717) is 12.1 Å². The van der Waals surface area contributed by atoms with E-state index in [9.17, 15) is 18.4 Å². The van der Waals surface area contributed by atoms with E-state index in [1.165, 1.54) is 24.3 Å². The number of halogens is 2. The second kappa shape index (κ2) is 12.9. The van der Waals surface area contributed by atoms with Gasteiger partial charge in [-0.2, -0.15) is 0 Å². The van der Waals surface area contributed by atoms with Gasteiger partial charge in [0, 0.05) is 51.2 Å². The summed E-state index contributed by atoms with van der Waals surface area (Å²) in [4.78, 5) is 39.2. The number of rotatable bonds is 8. The average molecular weight is 596 g/mol. The average Bonchev–Trinajstić information content (AvgIpc) is 3.47. The fraction of sp³-hybridized carbons (Fsp3) is 0.212. The number of hydrogen-bond acceptors (Lipinski definition) is 6. The number of carbonyl (C=O) groups is 2. The zero-order valence-corrected chi connectivity index (χ0v) is 23.9. The molecular formula is C33H31F2N7O2. The van der Waals surface area contributed by atoms with Gasteiger partial charge in [0.25, 0.3) is 0 Å². The lowest BCUT2D eigenvalue weighted by Gasteiger charge is -2.36. The van der Waals surface area contributed by atoms with Crippen LogP contribution in [-0.4, -0.2) is 52.5 Å². The highest BCUT2D eigenvalue weighted by Crippen LogP contribution is 2.22. The second-order valence-electron chi connectivity index (χ2n) is 10.6. The number of para-hydroxylation sites is 2. The Labute approximate surface area is 253 Å². The molecule has 6 rings (SSSR count). The zero-order chi connectivity index (χ0) is 30.5.